The Labute approximate surface area is 128 Å². The van der Waals surface area contributed by atoms with Gasteiger partial charge in [0.15, 0.2) is 0 Å². The summed E-state index contributed by atoms with van der Waals surface area (Å²) in [4.78, 5) is 10.1. The Hall–Kier alpha value is -2.76. The van der Waals surface area contributed by atoms with Crippen molar-refractivity contribution in [2.45, 2.75) is 26.2 Å². The van der Waals surface area contributed by atoms with E-state index in [9.17, 15) is 15.2 Å². The monoisotopic (exact) mass is 299 g/mol. The summed E-state index contributed by atoms with van der Waals surface area (Å²) in [5.74, 6) is 0.484. The molecule has 0 aliphatic heterocycles. The van der Waals surface area contributed by atoms with E-state index in [-0.39, 0.29) is 17.4 Å². The molecule has 0 radical (unpaired) electrons. The van der Waals surface area contributed by atoms with Gasteiger partial charge >= 0.3 is 0 Å². The molecule has 114 valence electrons. The second-order valence-electron chi connectivity index (χ2n) is 5.03. The van der Waals surface area contributed by atoms with E-state index >= 15 is 0 Å². The zero-order valence-electron chi connectivity index (χ0n) is 12.4. The largest absolute Gasteiger partial charge is 0.508 e. The normalized spacial score (nSPS) is 12.5. The van der Waals surface area contributed by atoms with Crippen molar-refractivity contribution in [1.29, 1.82) is 0 Å². The first kappa shape index (κ1) is 15.6. The molecule has 1 atom stereocenters. The molecule has 2 aromatic rings. The summed E-state index contributed by atoms with van der Waals surface area (Å²) in [6, 6.07) is 10.9. The maximum Gasteiger partial charge on any atom is 0.269 e. The molecule has 0 aromatic heterocycles. The third-order valence-electron chi connectivity index (χ3n) is 3.50. The highest BCUT2D eigenvalue weighted by molar-refractivity contribution is 5.49. The fourth-order valence-electron chi connectivity index (χ4n) is 1.98. The lowest BCUT2D eigenvalue weighted by Crippen LogP contribution is -1.91. The first-order valence-electron chi connectivity index (χ1n) is 7.00. The number of non-ortho nitro benzene ring substituents is 1. The van der Waals surface area contributed by atoms with Crippen LogP contribution in [0.1, 0.15) is 31.7 Å². The van der Waals surface area contributed by atoms with Gasteiger partial charge in [0.2, 0.25) is 0 Å². The average molecular weight is 299 g/mol. The fourth-order valence-corrected chi connectivity index (χ4v) is 1.98. The number of hydrogen-bond donors (Lipinski definition) is 1. The minimum absolute atomic E-state index is 0.0163. The molecule has 6 heteroatoms. The highest BCUT2D eigenvalue weighted by atomic mass is 16.6. The lowest BCUT2D eigenvalue weighted by atomic mass is 9.97. The molecule has 0 fully saturated rings. The van der Waals surface area contributed by atoms with Crippen molar-refractivity contribution in [2.24, 2.45) is 10.2 Å². The Morgan fingerprint density at radius 1 is 1.14 bits per heavy atom. The van der Waals surface area contributed by atoms with Crippen LogP contribution >= 0.6 is 0 Å². The second kappa shape index (κ2) is 6.80. The van der Waals surface area contributed by atoms with Gasteiger partial charge in [-0.1, -0.05) is 13.8 Å². The number of azo groups is 1. The van der Waals surface area contributed by atoms with Crippen LogP contribution in [-0.4, -0.2) is 10.0 Å². The first-order chi connectivity index (χ1) is 10.5. The first-order valence-corrected chi connectivity index (χ1v) is 7.00. The van der Waals surface area contributed by atoms with E-state index in [1.165, 1.54) is 24.3 Å². The molecule has 2 aromatic carbocycles. The van der Waals surface area contributed by atoms with Gasteiger partial charge in [0.1, 0.15) is 5.75 Å². The SMILES string of the molecule is CCC(C)c1cc(N=Nc2ccc([N+](=O)[O-])cc2)ccc1O. The van der Waals surface area contributed by atoms with Gasteiger partial charge < -0.3 is 5.11 Å². The molecule has 22 heavy (non-hydrogen) atoms. The van der Waals surface area contributed by atoms with Gasteiger partial charge in [0.25, 0.3) is 5.69 Å². The maximum absolute atomic E-state index is 10.6. The number of hydrogen-bond acceptors (Lipinski definition) is 5. The molecule has 6 nitrogen and oxygen atoms in total. The van der Waals surface area contributed by atoms with Gasteiger partial charge in [-0.2, -0.15) is 10.2 Å². The van der Waals surface area contributed by atoms with Crippen molar-refractivity contribution in [3.63, 3.8) is 0 Å². The van der Waals surface area contributed by atoms with Crippen LogP contribution in [0.5, 0.6) is 5.75 Å². The van der Waals surface area contributed by atoms with Crippen molar-refractivity contribution in [2.75, 3.05) is 0 Å². The molecule has 0 spiro atoms. The molecule has 0 amide bonds. The summed E-state index contributed by atoms with van der Waals surface area (Å²) < 4.78 is 0. The third kappa shape index (κ3) is 3.66. The minimum atomic E-state index is -0.459. The number of nitro groups is 1. The van der Waals surface area contributed by atoms with Gasteiger partial charge in [0, 0.05) is 12.1 Å². The Morgan fingerprint density at radius 3 is 2.32 bits per heavy atom. The number of benzene rings is 2. The van der Waals surface area contributed by atoms with Crippen LogP contribution in [0.3, 0.4) is 0 Å². The van der Waals surface area contributed by atoms with E-state index in [4.69, 9.17) is 0 Å². The standard InChI is InChI=1S/C16H17N3O3/c1-3-11(2)15-10-13(6-9-16(15)20)18-17-12-4-7-14(8-5-12)19(21)22/h4-11,20H,3H2,1-2H3. The maximum atomic E-state index is 10.6. The Morgan fingerprint density at radius 2 is 1.73 bits per heavy atom. The summed E-state index contributed by atoms with van der Waals surface area (Å²) in [6.45, 7) is 4.08. The summed E-state index contributed by atoms with van der Waals surface area (Å²) >= 11 is 0. The van der Waals surface area contributed by atoms with Crippen LogP contribution in [0.15, 0.2) is 52.7 Å². The number of phenols is 1. The van der Waals surface area contributed by atoms with E-state index in [0.717, 1.165) is 12.0 Å². The molecule has 0 saturated heterocycles. The number of phenolic OH excluding ortho intramolecular Hbond substituents is 1. The highest BCUT2D eigenvalue weighted by Crippen LogP contribution is 2.32. The van der Waals surface area contributed by atoms with Gasteiger partial charge in [-0.25, -0.2) is 0 Å². The Bertz CT molecular complexity index is 696. The highest BCUT2D eigenvalue weighted by Gasteiger charge is 2.09. The molecule has 1 unspecified atom stereocenters. The quantitative estimate of drug-likeness (QED) is 0.465. The lowest BCUT2D eigenvalue weighted by Gasteiger charge is -2.11. The average Bonchev–Trinajstić information content (AvgIpc) is 2.53. The van der Waals surface area contributed by atoms with E-state index in [1.54, 1.807) is 18.2 Å². The predicted octanol–water partition coefficient (Wildman–Crippen LogP) is 5.23. The van der Waals surface area contributed by atoms with Crippen molar-refractivity contribution < 1.29 is 10.0 Å². The summed E-state index contributed by atoms with van der Waals surface area (Å²) in [6.07, 6.45) is 0.913. The smallest absolute Gasteiger partial charge is 0.269 e. The van der Waals surface area contributed by atoms with Gasteiger partial charge in [-0.3, -0.25) is 10.1 Å². The van der Waals surface area contributed by atoms with E-state index in [0.29, 0.717) is 11.4 Å². The number of nitrogens with zero attached hydrogens (tertiary/aromatic N) is 3. The Kier molecular flexibility index (Phi) is 4.83. The minimum Gasteiger partial charge on any atom is -0.508 e. The summed E-state index contributed by atoms with van der Waals surface area (Å²) in [5.41, 5.74) is 2.01. The van der Waals surface area contributed by atoms with Crippen LogP contribution in [-0.2, 0) is 0 Å². The molecule has 1 N–H and O–H groups in total. The molecule has 0 aliphatic carbocycles. The van der Waals surface area contributed by atoms with Crippen LogP contribution in [0.4, 0.5) is 17.1 Å². The van der Waals surface area contributed by atoms with Crippen molar-refractivity contribution in [3.8, 4) is 5.75 Å². The predicted molar refractivity (Wildman–Crippen MR) is 84.1 cm³/mol. The fraction of sp³-hybridized carbons (Fsp3) is 0.250. The summed E-state index contributed by atoms with van der Waals surface area (Å²) in [7, 11) is 0. The molecule has 0 bridgehead atoms. The van der Waals surface area contributed by atoms with E-state index in [2.05, 4.69) is 17.2 Å². The molecule has 0 aliphatic rings. The third-order valence-corrected chi connectivity index (χ3v) is 3.50. The van der Waals surface area contributed by atoms with E-state index in [1.807, 2.05) is 6.92 Å². The Balaban J connectivity index is 2.21. The van der Waals surface area contributed by atoms with Crippen LogP contribution < -0.4 is 0 Å². The van der Waals surface area contributed by atoms with E-state index < -0.39 is 4.92 Å². The number of rotatable bonds is 5. The molecular formula is C16H17N3O3. The molecule has 2 rings (SSSR count). The molecular weight excluding hydrogens is 282 g/mol. The van der Waals surface area contributed by atoms with Crippen molar-refractivity contribution in [3.05, 3.63) is 58.1 Å². The second-order valence-corrected chi connectivity index (χ2v) is 5.03. The van der Waals surface area contributed by atoms with Gasteiger partial charge in [0.05, 0.1) is 16.3 Å². The topological polar surface area (TPSA) is 88.1 Å². The van der Waals surface area contributed by atoms with Crippen molar-refractivity contribution in [1.82, 2.24) is 0 Å². The van der Waals surface area contributed by atoms with Gasteiger partial charge in [-0.15, -0.1) is 0 Å². The number of nitro benzene ring substituents is 1. The van der Waals surface area contributed by atoms with Crippen LogP contribution in [0.2, 0.25) is 0 Å². The van der Waals surface area contributed by atoms with Gasteiger partial charge in [-0.05, 0) is 48.2 Å². The zero-order valence-corrected chi connectivity index (χ0v) is 12.4. The lowest BCUT2D eigenvalue weighted by molar-refractivity contribution is -0.384. The molecule has 0 saturated carbocycles. The van der Waals surface area contributed by atoms with Crippen LogP contribution in [0, 0.1) is 10.1 Å². The van der Waals surface area contributed by atoms with Crippen LogP contribution in [0.25, 0.3) is 0 Å². The number of aromatic hydroxyl groups is 1. The van der Waals surface area contributed by atoms with Crippen molar-refractivity contribution >= 4 is 17.1 Å². The molecule has 0 heterocycles. The summed E-state index contributed by atoms with van der Waals surface area (Å²) in [5, 5.41) is 28.6. The zero-order chi connectivity index (χ0) is 16.1.